The third kappa shape index (κ3) is 3.74. The molecule has 7 heteroatoms. The normalized spacial score (nSPS) is 18.3. The molecule has 1 fully saturated rings. The predicted octanol–water partition coefficient (Wildman–Crippen LogP) is 2.84. The first-order valence-electron chi connectivity index (χ1n) is 10.3. The van der Waals surface area contributed by atoms with Gasteiger partial charge in [-0.1, -0.05) is 49.4 Å². The van der Waals surface area contributed by atoms with Crippen molar-refractivity contribution in [2.24, 2.45) is 5.92 Å². The Morgan fingerprint density at radius 1 is 0.968 bits per heavy atom. The summed E-state index contributed by atoms with van der Waals surface area (Å²) in [6.07, 6.45) is 2.57. The number of hydrogen-bond donors (Lipinski definition) is 1. The van der Waals surface area contributed by atoms with Crippen molar-refractivity contribution in [1.29, 1.82) is 0 Å². The Balaban J connectivity index is 1.72. The van der Waals surface area contributed by atoms with Crippen LogP contribution in [0.15, 0.2) is 66.4 Å². The third-order valence-corrected chi connectivity index (χ3v) is 5.72. The fraction of sp³-hybridized carbons (Fsp3) is 0.250. The lowest BCUT2D eigenvalue weighted by Gasteiger charge is -2.27. The summed E-state index contributed by atoms with van der Waals surface area (Å²) in [5.74, 6) is -0.840. The molecular weight excluding hydrogens is 392 g/mol. The van der Waals surface area contributed by atoms with Gasteiger partial charge in [-0.3, -0.25) is 9.59 Å². The molecule has 158 valence electrons. The summed E-state index contributed by atoms with van der Waals surface area (Å²) >= 11 is 0. The maximum atomic E-state index is 13.2. The maximum absolute atomic E-state index is 13.2. The molecule has 1 saturated heterocycles. The Morgan fingerprint density at radius 2 is 1.65 bits per heavy atom. The van der Waals surface area contributed by atoms with E-state index < -0.39 is 11.9 Å². The molecule has 2 aliphatic heterocycles. The summed E-state index contributed by atoms with van der Waals surface area (Å²) in [7, 11) is 3.09. The molecule has 1 N–H and O–H groups in total. The number of hydrogen-bond acceptors (Lipinski definition) is 3. The van der Waals surface area contributed by atoms with Gasteiger partial charge < -0.3 is 5.32 Å². The molecule has 4 amide bonds. The molecule has 7 nitrogen and oxygen atoms in total. The van der Waals surface area contributed by atoms with E-state index in [1.807, 2.05) is 54.6 Å². The zero-order valence-corrected chi connectivity index (χ0v) is 17.8. The van der Waals surface area contributed by atoms with Gasteiger partial charge in [0.1, 0.15) is 6.54 Å². The number of benzene rings is 2. The third-order valence-electron chi connectivity index (χ3n) is 5.72. The Bertz CT molecular complexity index is 1100. The minimum absolute atomic E-state index is 0.321. The quantitative estimate of drug-likeness (QED) is 0.761. The average Bonchev–Trinajstić information content (AvgIpc) is 3.17. The first-order valence-corrected chi connectivity index (χ1v) is 10.3. The van der Waals surface area contributed by atoms with Gasteiger partial charge in [-0.2, -0.15) is 4.90 Å². The lowest BCUT2D eigenvalue weighted by Crippen LogP contribution is -2.57. The zero-order valence-electron chi connectivity index (χ0n) is 17.8. The van der Waals surface area contributed by atoms with Crippen molar-refractivity contribution in [3.8, 4) is 0 Å². The molecule has 0 radical (unpaired) electrons. The molecule has 0 spiro atoms. The van der Waals surface area contributed by atoms with E-state index in [1.54, 1.807) is 17.7 Å². The van der Waals surface area contributed by atoms with Crippen molar-refractivity contribution < 1.29 is 19.0 Å². The average molecular weight is 417 g/mol. The van der Waals surface area contributed by atoms with Gasteiger partial charge in [0.05, 0.1) is 7.05 Å². The van der Waals surface area contributed by atoms with Crippen molar-refractivity contribution >= 4 is 29.4 Å². The molecule has 31 heavy (non-hydrogen) atoms. The molecule has 2 aromatic rings. The minimum Gasteiger partial charge on any atom is -0.319 e. The van der Waals surface area contributed by atoms with Crippen molar-refractivity contribution in [3.05, 3.63) is 77.5 Å². The van der Waals surface area contributed by atoms with Crippen LogP contribution in [0.2, 0.25) is 0 Å². The summed E-state index contributed by atoms with van der Waals surface area (Å²) in [6.45, 7) is 2.44. The molecule has 0 aromatic heterocycles. The number of amides is 4. The molecule has 4 rings (SSSR count). The highest BCUT2D eigenvalue weighted by Crippen LogP contribution is 2.27. The Labute approximate surface area is 181 Å². The molecular formula is C24H25N4O3+. The number of nitrogens with zero attached hydrogens (tertiary/aromatic N) is 3. The minimum atomic E-state index is -0.681. The second kappa shape index (κ2) is 8.18. The molecule has 0 aliphatic carbocycles. The molecule has 2 aliphatic rings. The summed E-state index contributed by atoms with van der Waals surface area (Å²) in [4.78, 5) is 41.1. The SMILES string of the molecule is CCc1ccc(NC(=O)C2=CC3C(=O)N(C)C(=O)N(C)C3=[N+]2Cc2ccccc2)cc1. The van der Waals surface area contributed by atoms with Crippen LogP contribution in [-0.4, -0.2) is 52.2 Å². The van der Waals surface area contributed by atoms with E-state index in [2.05, 4.69) is 12.2 Å². The number of imide groups is 1. The summed E-state index contributed by atoms with van der Waals surface area (Å²) < 4.78 is 1.76. The van der Waals surface area contributed by atoms with Gasteiger partial charge in [0.25, 0.3) is 17.6 Å². The fourth-order valence-corrected chi connectivity index (χ4v) is 3.96. The highest BCUT2D eigenvalue weighted by Gasteiger charge is 2.51. The number of amidine groups is 1. The van der Waals surface area contributed by atoms with E-state index in [4.69, 9.17) is 0 Å². The first kappa shape index (κ1) is 20.5. The van der Waals surface area contributed by atoms with Crippen LogP contribution in [0.5, 0.6) is 0 Å². The van der Waals surface area contributed by atoms with Gasteiger partial charge in [-0.25, -0.2) is 14.3 Å². The number of aryl methyl sites for hydroxylation is 1. The van der Waals surface area contributed by atoms with Crippen LogP contribution in [-0.2, 0) is 22.6 Å². The lowest BCUT2D eigenvalue weighted by atomic mass is 10.0. The van der Waals surface area contributed by atoms with E-state index in [-0.39, 0.29) is 11.8 Å². The van der Waals surface area contributed by atoms with Crippen LogP contribution in [0.25, 0.3) is 0 Å². The number of carbonyl (C=O) groups is 3. The number of carbonyl (C=O) groups excluding carboxylic acids is 3. The standard InChI is InChI=1S/C24H24N4O3/c1-4-16-10-12-18(13-11-16)25-21(29)20-14-19-22(26(2)24(31)27(3)23(19)30)28(20)15-17-8-6-5-7-9-17/h5-14,19H,4,15H2,1-3H3/p+1. The predicted molar refractivity (Wildman–Crippen MR) is 117 cm³/mol. The smallest absolute Gasteiger partial charge is 0.319 e. The second-order valence-electron chi connectivity index (χ2n) is 7.70. The number of urea groups is 1. The topological polar surface area (TPSA) is 72.7 Å². The molecule has 0 saturated carbocycles. The number of rotatable bonds is 5. The van der Waals surface area contributed by atoms with Gasteiger partial charge >= 0.3 is 6.03 Å². The van der Waals surface area contributed by atoms with E-state index in [9.17, 15) is 14.4 Å². The Hall–Kier alpha value is -3.74. The van der Waals surface area contributed by atoms with Crippen LogP contribution in [0.1, 0.15) is 18.1 Å². The zero-order chi connectivity index (χ0) is 22.1. The largest absolute Gasteiger partial charge is 0.417 e. The van der Waals surface area contributed by atoms with Gasteiger partial charge in [-0.05, 0) is 35.8 Å². The molecule has 1 atom stereocenters. The second-order valence-corrected chi connectivity index (χ2v) is 7.70. The van der Waals surface area contributed by atoms with Crippen molar-refractivity contribution in [2.75, 3.05) is 19.4 Å². The maximum Gasteiger partial charge on any atom is 0.417 e. The molecule has 1 unspecified atom stereocenters. The molecule has 2 heterocycles. The van der Waals surface area contributed by atoms with Gasteiger partial charge in [0, 0.05) is 12.7 Å². The van der Waals surface area contributed by atoms with Crippen LogP contribution in [0, 0.1) is 5.92 Å². The van der Waals surface area contributed by atoms with Crippen molar-refractivity contribution in [2.45, 2.75) is 19.9 Å². The number of nitrogens with one attached hydrogen (secondary N) is 1. The molecule has 0 bridgehead atoms. The van der Waals surface area contributed by atoms with Crippen LogP contribution < -0.4 is 5.32 Å². The highest BCUT2D eigenvalue weighted by molar-refractivity contribution is 6.19. The monoisotopic (exact) mass is 417 g/mol. The Kier molecular flexibility index (Phi) is 5.42. The van der Waals surface area contributed by atoms with Crippen molar-refractivity contribution in [3.63, 3.8) is 0 Å². The Morgan fingerprint density at radius 3 is 2.29 bits per heavy atom. The van der Waals surface area contributed by atoms with Crippen LogP contribution in [0.3, 0.4) is 0 Å². The summed E-state index contributed by atoms with van der Waals surface area (Å²) in [5.41, 5.74) is 3.18. The van der Waals surface area contributed by atoms with Crippen LogP contribution in [0.4, 0.5) is 10.5 Å². The summed E-state index contributed by atoms with van der Waals surface area (Å²) in [5, 5.41) is 2.92. The van der Waals surface area contributed by atoms with Crippen molar-refractivity contribution in [1.82, 2.24) is 9.80 Å². The van der Waals surface area contributed by atoms with Crippen LogP contribution >= 0.6 is 0 Å². The summed E-state index contributed by atoms with van der Waals surface area (Å²) in [6, 6.07) is 16.9. The lowest BCUT2D eigenvalue weighted by molar-refractivity contribution is -0.489. The first-order chi connectivity index (χ1) is 14.9. The van der Waals surface area contributed by atoms with E-state index in [0.29, 0.717) is 23.8 Å². The number of anilines is 1. The molecule has 2 aromatic carbocycles. The fourth-order valence-electron chi connectivity index (χ4n) is 3.96. The van der Waals surface area contributed by atoms with Gasteiger partial charge in [0.15, 0.2) is 11.6 Å². The van der Waals surface area contributed by atoms with E-state index in [0.717, 1.165) is 16.9 Å². The van der Waals surface area contributed by atoms with E-state index in [1.165, 1.54) is 17.5 Å². The highest BCUT2D eigenvalue weighted by atomic mass is 16.2. The van der Waals surface area contributed by atoms with E-state index >= 15 is 0 Å². The van der Waals surface area contributed by atoms with Gasteiger partial charge in [-0.15, -0.1) is 0 Å². The number of fused-ring (bicyclic) bond motifs is 1. The van der Waals surface area contributed by atoms with Gasteiger partial charge in [0.2, 0.25) is 0 Å².